The molecular formula is C11H20O2. The second-order valence-electron chi connectivity index (χ2n) is 3.14. The maximum atomic E-state index is 11.0. The molecule has 0 N–H and O–H groups in total. The van der Waals surface area contributed by atoms with Crippen molar-refractivity contribution in [3.05, 3.63) is 12.7 Å². The number of carbonyl (C=O) groups excluding carboxylic acids is 1. The van der Waals surface area contributed by atoms with E-state index in [1.807, 2.05) is 0 Å². The van der Waals surface area contributed by atoms with Gasteiger partial charge in [0.2, 0.25) is 0 Å². The molecule has 0 aliphatic rings. The summed E-state index contributed by atoms with van der Waals surface area (Å²) in [5.41, 5.74) is 0. The number of ether oxygens (including phenoxy) is 1. The van der Waals surface area contributed by atoms with Gasteiger partial charge in [0.05, 0.1) is 0 Å². The lowest BCUT2D eigenvalue weighted by Crippen LogP contribution is -2.03. The Morgan fingerprint density at radius 2 is 2.00 bits per heavy atom. The van der Waals surface area contributed by atoms with E-state index in [9.17, 15) is 4.79 Å². The lowest BCUT2D eigenvalue weighted by atomic mass is 10.1. The molecule has 0 aromatic heterocycles. The first-order valence-corrected chi connectivity index (χ1v) is 5.07. The van der Waals surface area contributed by atoms with Crippen molar-refractivity contribution < 1.29 is 9.53 Å². The van der Waals surface area contributed by atoms with Gasteiger partial charge < -0.3 is 4.74 Å². The molecule has 0 radical (unpaired) electrons. The van der Waals surface area contributed by atoms with Crippen molar-refractivity contribution in [3.8, 4) is 0 Å². The SMILES string of the molecule is C=CCOC(=O)CCCCCCC. The van der Waals surface area contributed by atoms with E-state index in [0.717, 1.165) is 12.8 Å². The van der Waals surface area contributed by atoms with Crippen LogP contribution in [0.4, 0.5) is 0 Å². The standard InChI is InChI=1S/C11H20O2/c1-3-5-6-7-8-9-11(12)13-10-4-2/h4H,2-3,5-10H2,1H3. The van der Waals surface area contributed by atoms with E-state index in [4.69, 9.17) is 4.74 Å². The fraction of sp³-hybridized carbons (Fsp3) is 0.727. The minimum absolute atomic E-state index is 0.101. The van der Waals surface area contributed by atoms with Crippen LogP contribution in [0.15, 0.2) is 12.7 Å². The number of carbonyl (C=O) groups is 1. The molecule has 0 aliphatic heterocycles. The highest BCUT2D eigenvalue weighted by Gasteiger charge is 2.00. The van der Waals surface area contributed by atoms with Crippen molar-refractivity contribution in [2.24, 2.45) is 0 Å². The third-order valence-corrected chi connectivity index (χ3v) is 1.85. The summed E-state index contributed by atoms with van der Waals surface area (Å²) in [7, 11) is 0. The molecule has 0 rings (SSSR count). The zero-order valence-corrected chi connectivity index (χ0v) is 8.55. The van der Waals surface area contributed by atoms with Crippen LogP contribution in [0, 0.1) is 0 Å². The van der Waals surface area contributed by atoms with Gasteiger partial charge in [-0.2, -0.15) is 0 Å². The van der Waals surface area contributed by atoms with E-state index in [2.05, 4.69) is 13.5 Å². The van der Waals surface area contributed by atoms with Gasteiger partial charge in [-0.3, -0.25) is 4.79 Å². The molecule has 0 atom stereocenters. The molecule has 0 aromatic carbocycles. The van der Waals surface area contributed by atoms with Gasteiger partial charge in [-0.1, -0.05) is 45.3 Å². The third kappa shape index (κ3) is 9.12. The highest BCUT2D eigenvalue weighted by atomic mass is 16.5. The molecule has 0 saturated carbocycles. The fourth-order valence-corrected chi connectivity index (χ4v) is 1.10. The van der Waals surface area contributed by atoms with Gasteiger partial charge >= 0.3 is 5.97 Å². The van der Waals surface area contributed by atoms with E-state index in [1.54, 1.807) is 6.08 Å². The van der Waals surface area contributed by atoms with Crippen LogP contribution in [0.25, 0.3) is 0 Å². The van der Waals surface area contributed by atoms with Gasteiger partial charge in [0.1, 0.15) is 6.61 Å². The molecule has 0 spiro atoms. The molecule has 0 bridgehead atoms. The molecule has 0 amide bonds. The third-order valence-electron chi connectivity index (χ3n) is 1.85. The molecule has 2 nitrogen and oxygen atoms in total. The Hall–Kier alpha value is -0.790. The number of hydrogen-bond donors (Lipinski definition) is 0. The molecule has 13 heavy (non-hydrogen) atoms. The fourth-order valence-electron chi connectivity index (χ4n) is 1.10. The summed E-state index contributed by atoms with van der Waals surface area (Å²) < 4.78 is 4.84. The first-order chi connectivity index (χ1) is 6.31. The van der Waals surface area contributed by atoms with E-state index < -0.39 is 0 Å². The minimum atomic E-state index is -0.101. The van der Waals surface area contributed by atoms with Gasteiger partial charge in [0.25, 0.3) is 0 Å². The Labute approximate surface area is 81.0 Å². The Bertz CT molecular complexity index is 141. The van der Waals surface area contributed by atoms with Crippen molar-refractivity contribution in [2.75, 3.05) is 6.61 Å². The van der Waals surface area contributed by atoms with E-state index in [0.29, 0.717) is 13.0 Å². The van der Waals surface area contributed by atoms with Crippen LogP contribution < -0.4 is 0 Å². The molecular weight excluding hydrogens is 164 g/mol. The van der Waals surface area contributed by atoms with Crippen LogP contribution >= 0.6 is 0 Å². The van der Waals surface area contributed by atoms with Crippen LogP contribution in [0.1, 0.15) is 45.4 Å². The molecule has 0 aliphatic carbocycles. The highest BCUT2D eigenvalue weighted by molar-refractivity contribution is 5.69. The van der Waals surface area contributed by atoms with E-state index in [-0.39, 0.29) is 5.97 Å². The second-order valence-corrected chi connectivity index (χ2v) is 3.14. The molecule has 0 saturated heterocycles. The predicted molar refractivity (Wildman–Crippen MR) is 54.5 cm³/mol. The molecule has 0 aromatic rings. The quantitative estimate of drug-likeness (QED) is 0.329. The number of hydrogen-bond acceptors (Lipinski definition) is 2. The van der Waals surface area contributed by atoms with Gasteiger partial charge in [-0.05, 0) is 6.42 Å². The summed E-state index contributed by atoms with van der Waals surface area (Å²) in [5, 5.41) is 0. The zero-order valence-electron chi connectivity index (χ0n) is 8.55. The normalized spacial score (nSPS) is 9.62. The topological polar surface area (TPSA) is 26.3 Å². The Balaban J connectivity index is 3.12. The Morgan fingerprint density at radius 1 is 1.31 bits per heavy atom. The molecule has 0 fully saturated rings. The van der Waals surface area contributed by atoms with Crippen molar-refractivity contribution in [3.63, 3.8) is 0 Å². The number of unbranched alkanes of at least 4 members (excludes halogenated alkanes) is 4. The maximum Gasteiger partial charge on any atom is 0.306 e. The number of rotatable bonds is 8. The minimum Gasteiger partial charge on any atom is -0.461 e. The zero-order chi connectivity index (χ0) is 9.94. The van der Waals surface area contributed by atoms with Gasteiger partial charge in [-0.15, -0.1) is 0 Å². The summed E-state index contributed by atoms with van der Waals surface area (Å²) in [6.07, 6.45) is 7.97. The average molecular weight is 184 g/mol. The first-order valence-electron chi connectivity index (χ1n) is 5.07. The van der Waals surface area contributed by atoms with Gasteiger partial charge in [0.15, 0.2) is 0 Å². The highest BCUT2D eigenvalue weighted by Crippen LogP contribution is 2.05. The van der Waals surface area contributed by atoms with Crippen LogP contribution in [-0.4, -0.2) is 12.6 Å². The molecule has 2 heteroatoms. The summed E-state index contributed by atoms with van der Waals surface area (Å²) in [5.74, 6) is -0.101. The van der Waals surface area contributed by atoms with Crippen molar-refractivity contribution >= 4 is 5.97 Å². The van der Waals surface area contributed by atoms with Crippen LogP contribution in [-0.2, 0) is 9.53 Å². The average Bonchev–Trinajstić information content (AvgIpc) is 2.14. The Kier molecular flexibility index (Phi) is 8.73. The smallest absolute Gasteiger partial charge is 0.306 e. The summed E-state index contributed by atoms with van der Waals surface area (Å²) in [6, 6.07) is 0. The summed E-state index contributed by atoms with van der Waals surface area (Å²) in [4.78, 5) is 11.0. The predicted octanol–water partition coefficient (Wildman–Crippen LogP) is 3.08. The number of esters is 1. The van der Waals surface area contributed by atoms with Crippen molar-refractivity contribution in [1.29, 1.82) is 0 Å². The lowest BCUT2D eigenvalue weighted by molar-refractivity contribution is -0.142. The van der Waals surface area contributed by atoms with Crippen LogP contribution in [0.2, 0.25) is 0 Å². The maximum absolute atomic E-state index is 11.0. The second kappa shape index (κ2) is 9.30. The molecule has 0 unspecified atom stereocenters. The van der Waals surface area contributed by atoms with Gasteiger partial charge in [-0.25, -0.2) is 0 Å². The lowest BCUT2D eigenvalue weighted by Gasteiger charge is -2.01. The van der Waals surface area contributed by atoms with Crippen molar-refractivity contribution in [2.45, 2.75) is 45.4 Å². The largest absolute Gasteiger partial charge is 0.461 e. The van der Waals surface area contributed by atoms with E-state index >= 15 is 0 Å². The molecule has 0 heterocycles. The van der Waals surface area contributed by atoms with E-state index in [1.165, 1.54) is 19.3 Å². The summed E-state index contributed by atoms with van der Waals surface area (Å²) >= 11 is 0. The van der Waals surface area contributed by atoms with Crippen LogP contribution in [0.3, 0.4) is 0 Å². The molecule has 76 valence electrons. The first kappa shape index (κ1) is 12.2. The van der Waals surface area contributed by atoms with Gasteiger partial charge in [0, 0.05) is 6.42 Å². The van der Waals surface area contributed by atoms with Crippen molar-refractivity contribution in [1.82, 2.24) is 0 Å². The Morgan fingerprint density at radius 3 is 2.62 bits per heavy atom. The van der Waals surface area contributed by atoms with Crippen LogP contribution in [0.5, 0.6) is 0 Å². The summed E-state index contributed by atoms with van der Waals surface area (Å²) in [6.45, 7) is 6.00. The monoisotopic (exact) mass is 184 g/mol.